The number of hydrogen-bond donors (Lipinski definition) is 2. The lowest BCUT2D eigenvalue weighted by Crippen LogP contribution is -2.27. The summed E-state index contributed by atoms with van der Waals surface area (Å²) in [7, 11) is 1.65. The first-order valence-corrected chi connectivity index (χ1v) is 6.71. The van der Waals surface area contributed by atoms with Crippen LogP contribution in [0.4, 0.5) is 0 Å². The zero-order valence-electron chi connectivity index (χ0n) is 8.57. The van der Waals surface area contributed by atoms with Gasteiger partial charge in [0.25, 0.3) is 0 Å². The molecule has 6 heteroatoms. The van der Waals surface area contributed by atoms with E-state index in [4.69, 9.17) is 22.2 Å². The quantitative estimate of drug-likeness (QED) is 0.665. The Morgan fingerprint density at radius 3 is 2.81 bits per heavy atom. The molecule has 86 valence electrons. The molecule has 0 fully saturated rings. The zero-order valence-corrected chi connectivity index (χ0v) is 11.0. The van der Waals surface area contributed by atoms with E-state index in [-0.39, 0.29) is 6.04 Å². The normalized spacial score (nSPS) is 12.7. The lowest BCUT2D eigenvalue weighted by atomic mass is 10.2. The molecule has 0 bridgehead atoms. The van der Waals surface area contributed by atoms with Gasteiger partial charge in [-0.15, -0.1) is 22.7 Å². The molecule has 0 aliphatic heterocycles. The average Bonchev–Trinajstić information content (AvgIpc) is 2.90. The van der Waals surface area contributed by atoms with Crippen molar-refractivity contribution >= 4 is 34.3 Å². The van der Waals surface area contributed by atoms with E-state index in [9.17, 15) is 0 Å². The molecule has 0 aromatic carbocycles. The molecule has 0 amide bonds. The Hall–Kier alpha value is -0.590. The molecule has 0 aliphatic carbocycles. The van der Waals surface area contributed by atoms with E-state index >= 15 is 0 Å². The van der Waals surface area contributed by atoms with Crippen LogP contribution < -0.4 is 16.0 Å². The summed E-state index contributed by atoms with van der Waals surface area (Å²) in [6, 6.07) is 3.77. The third-order valence-corrected chi connectivity index (χ3v) is 4.59. The molecule has 16 heavy (non-hydrogen) atoms. The van der Waals surface area contributed by atoms with Gasteiger partial charge in [0, 0.05) is 15.1 Å². The van der Waals surface area contributed by atoms with Crippen LogP contribution in [0.5, 0.6) is 5.75 Å². The Labute approximate surface area is 107 Å². The standard InChI is InChI=1S/C10H11ClN2OS2/c1-14-6-4-8(16-5-6)9(13-12)10-7(11)2-3-15-10/h2-5,9,13H,12H2,1H3. The molecule has 0 radical (unpaired) electrons. The number of thiophene rings is 2. The lowest BCUT2D eigenvalue weighted by molar-refractivity contribution is 0.416. The summed E-state index contributed by atoms with van der Waals surface area (Å²) in [4.78, 5) is 2.11. The highest BCUT2D eigenvalue weighted by Crippen LogP contribution is 2.36. The molecular weight excluding hydrogens is 264 g/mol. The molecule has 0 saturated heterocycles. The Bertz CT molecular complexity index is 469. The van der Waals surface area contributed by atoms with Crippen molar-refractivity contribution in [3.05, 3.63) is 37.7 Å². The highest BCUT2D eigenvalue weighted by Gasteiger charge is 2.18. The molecule has 3 N–H and O–H groups in total. The minimum atomic E-state index is -0.0681. The Kier molecular flexibility index (Phi) is 3.83. The number of halogens is 1. The maximum Gasteiger partial charge on any atom is 0.129 e. The van der Waals surface area contributed by atoms with Crippen LogP contribution in [0.15, 0.2) is 22.9 Å². The van der Waals surface area contributed by atoms with Crippen molar-refractivity contribution in [3.8, 4) is 5.75 Å². The van der Waals surface area contributed by atoms with Gasteiger partial charge in [0.1, 0.15) is 5.75 Å². The van der Waals surface area contributed by atoms with Gasteiger partial charge in [-0.25, -0.2) is 5.43 Å². The van der Waals surface area contributed by atoms with E-state index < -0.39 is 0 Å². The minimum Gasteiger partial charge on any atom is -0.496 e. The van der Waals surface area contributed by atoms with Crippen molar-refractivity contribution in [1.29, 1.82) is 0 Å². The second-order valence-electron chi connectivity index (χ2n) is 3.12. The van der Waals surface area contributed by atoms with E-state index in [1.807, 2.05) is 22.9 Å². The zero-order chi connectivity index (χ0) is 11.5. The topological polar surface area (TPSA) is 47.3 Å². The van der Waals surface area contributed by atoms with Gasteiger partial charge in [-0.1, -0.05) is 11.6 Å². The number of nitrogens with two attached hydrogens (primary N) is 1. The van der Waals surface area contributed by atoms with Crippen LogP contribution in [0.3, 0.4) is 0 Å². The van der Waals surface area contributed by atoms with Gasteiger partial charge in [0.15, 0.2) is 0 Å². The van der Waals surface area contributed by atoms with Crippen LogP contribution in [0.25, 0.3) is 0 Å². The summed E-state index contributed by atoms with van der Waals surface area (Å²) in [5.74, 6) is 6.42. The average molecular weight is 275 g/mol. The van der Waals surface area contributed by atoms with Crippen LogP contribution in [-0.2, 0) is 0 Å². The number of nitrogens with one attached hydrogen (secondary N) is 1. The van der Waals surface area contributed by atoms with Crippen molar-refractivity contribution in [2.24, 2.45) is 5.84 Å². The van der Waals surface area contributed by atoms with Gasteiger partial charge in [-0.2, -0.15) is 0 Å². The summed E-state index contributed by atoms with van der Waals surface area (Å²) >= 11 is 9.27. The van der Waals surface area contributed by atoms with Gasteiger partial charge >= 0.3 is 0 Å². The monoisotopic (exact) mass is 274 g/mol. The van der Waals surface area contributed by atoms with Gasteiger partial charge in [-0.3, -0.25) is 5.84 Å². The van der Waals surface area contributed by atoms with Gasteiger partial charge < -0.3 is 4.74 Å². The predicted octanol–water partition coefficient (Wildman–Crippen LogP) is 3.02. The largest absolute Gasteiger partial charge is 0.496 e. The number of hydrogen-bond acceptors (Lipinski definition) is 5. The third kappa shape index (κ3) is 2.23. The summed E-state index contributed by atoms with van der Waals surface area (Å²) in [6.45, 7) is 0. The summed E-state index contributed by atoms with van der Waals surface area (Å²) in [6.07, 6.45) is 0. The molecular formula is C10H11ClN2OS2. The molecule has 0 spiro atoms. The maximum absolute atomic E-state index is 6.09. The second-order valence-corrected chi connectivity index (χ2v) is 5.42. The van der Waals surface area contributed by atoms with Crippen LogP contribution >= 0.6 is 34.3 Å². The van der Waals surface area contributed by atoms with Gasteiger partial charge in [-0.05, 0) is 17.5 Å². The number of ether oxygens (including phenoxy) is 1. The van der Waals surface area contributed by atoms with Crippen molar-refractivity contribution < 1.29 is 4.74 Å². The molecule has 1 atom stereocenters. The summed E-state index contributed by atoms with van der Waals surface area (Å²) < 4.78 is 5.15. The fraction of sp³-hybridized carbons (Fsp3) is 0.200. The fourth-order valence-electron chi connectivity index (χ4n) is 1.39. The first-order valence-electron chi connectivity index (χ1n) is 4.57. The molecule has 0 aliphatic rings. The SMILES string of the molecule is COc1csc(C(NN)c2sccc2Cl)c1. The van der Waals surface area contributed by atoms with Crippen molar-refractivity contribution in [2.45, 2.75) is 6.04 Å². The molecule has 2 rings (SSSR count). The number of hydrazine groups is 1. The first-order chi connectivity index (χ1) is 7.76. The van der Waals surface area contributed by atoms with E-state index in [0.29, 0.717) is 0 Å². The maximum atomic E-state index is 6.09. The molecule has 3 nitrogen and oxygen atoms in total. The lowest BCUT2D eigenvalue weighted by Gasteiger charge is -2.12. The van der Waals surface area contributed by atoms with Crippen molar-refractivity contribution in [3.63, 3.8) is 0 Å². The third-order valence-electron chi connectivity index (χ3n) is 2.19. The Morgan fingerprint density at radius 1 is 1.50 bits per heavy atom. The fourth-order valence-corrected chi connectivity index (χ4v) is 3.63. The minimum absolute atomic E-state index is 0.0681. The Balaban J connectivity index is 2.32. The van der Waals surface area contributed by atoms with Crippen LogP contribution in [0, 0.1) is 0 Å². The van der Waals surface area contributed by atoms with Gasteiger partial charge in [0.05, 0.1) is 18.2 Å². The van der Waals surface area contributed by atoms with Crippen molar-refractivity contribution in [1.82, 2.24) is 5.43 Å². The number of rotatable bonds is 4. The molecule has 2 aromatic rings. The van der Waals surface area contributed by atoms with Crippen LogP contribution in [0.1, 0.15) is 15.8 Å². The smallest absolute Gasteiger partial charge is 0.129 e. The first kappa shape index (κ1) is 11.9. The molecule has 0 saturated carbocycles. The van der Waals surface area contributed by atoms with E-state index in [1.54, 1.807) is 29.8 Å². The number of methoxy groups -OCH3 is 1. The highest BCUT2D eigenvalue weighted by atomic mass is 35.5. The van der Waals surface area contributed by atoms with Crippen molar-refractivity contribution in [2.75, 3.05) is 7.11 Å². The summed E-state index contributed by atoms with van der Waals surface area (Å²) in [5, 5.41) is 4.63. The summed E-state index contributed by atoms with van der Waals surface area (Å²) in [5.41, 5.74) is 2.78. The van der Waals surface area contributed by atoms with E-state index in [2.05, 4.69) is 5.43 Å². The molecule has 2 heterocycles. The van der Waals surface area contributed by atoms with Crippen LogP contribution in [-0.4, -0.2) is 7.11 Å². The van der Waals surface area contributed by atoms with E-state index in [1.165, 1.54) is 0 Å². The van der Waals surface area contributed by atoms with Gasteiger partial charge in [0.2, 0.25) is 0 Å². The molecule has 2 aromatic heterocycles. The van der Waals surface area contributed by atoms with E-state index in [0.717, 1.165) is 20.5 Å². The Morgan fingerprint density at radius 2 is 2.31 bits per heavy atom. The highest BCUT2D eigenvalue weighted by molar-refractivity contribution is 7.12. The van der Waals surface area contributed by atoms with Crippen LogP contribution in [0.2, 0.25) is 5.02 Å². The molecule has 1 unspecified atom stereocenters. The second kappa shape index (κ2) is 5.16. The predicted molar refractivity (Wildman–Crippen MR) is 69.4 cm³/mol.